The molecule has 1 aliphatic heterocycles. The number of hydrogen-bond acceptors (Lipinski definition) is 5. The molecule has 0 fully saturated rings. The van der Waals surface area contributed by atoms with E-state index in [1.165, 1.54) is 11.1 Å². The zero-order chi connectivity index (χ0) is 23.3. The van der Waals surface area contributed by atoms with Gasteiger partial charge in [0, 0.05) is 24.0 Å². The predicted octanol–water partition coefficient (Wildman–Crippen LogP) is 4.03. The van der Waals surface area contributed by atoms with Crippen LogP contribution in [-0.2, 0) is 18.5 Å². The van der Waals surface area contributed by atoms with Gasteiger partial charge in [-0.05, 0) is 79.8 Å². The van der Waals surface area contributed by atoms with Crippen molar-refractivity contribution in [3.63, 3.8) is 0 Å². The number of benzene rings is 2. The maximum Gasteiger partial charge on any atom is 0.253 e. The number of fused-ring (bicyclic) bond motifs is 2. The molecule has 0 saturated heterocycles. The quantitative estimate of drug-likeness (QED) is 0.518. The SMILES string of the molecule is Cc1ccc(C)c2[nH]c(=O)c([C@@H](c3nnnn3C(C)(C)C)N3CCc4ccccc4C3)cc12. The number of hydrogen-bond donors (Lipinski definition) is 1. The molecule has 0 saturated carbocycles. The Hall–Kier alpha value is -3.32. The number of aryl methyl sites for hydroxylation is 2. The van der Waals surface area contributed by atoms with E-state index in [4.69, 9.17) is 0 Å². The lowest BCUT2D eigenvalue weighted by Crippen LogP contribution is -2.40. The van der Waals surface area contributed by atoms with Crippen molar-refractivity contribution >= 4 is 10.9 Å². The number of H-pyrrole nitrogens is 1. The van der Waals surface area contributed by atoms with E-state index in [-0.39, 0.29) is 17.1 Å². The van der Waals surface area contributed by atoms with Crippen molar-refractivity contribution in [2.75, 3.05) is 6.54 Å². The number of tetrazole rings is 1. The molecule has 0 amide bonds. The second-order valence-electron chi connectivity index (χ2n) is 10.1. The summed E-state index contributed by atoms with van der Waals surface area (Å²) in [6, 6.07) is 14.4. The zero-order valence-corrected chi connectivity index (χ0v) is 19.9. The summed E-state index contributed by atoms with van der Waals surface area (Å²) in [5.41, 5.74) is 5.99. The zero-order valence-electron chi connectivity index (χ0n) is 19.9. The lowest BCUT2D eigenvalue weighted by Gasteiger charge is -2.36. The van der Waals surface area contributed by atoms with Crippen molar-refractivity contribution in [1.82, 2.24) is 30.1 Å². The minimum absolute atomic E-state index is 0.0940. The Labute approximate surface area is 193 Å². The Morgan fingerprint density at radius 2 is 1.76 bits per heavy atom. The minimum atomic E-state index is -0.361. The van der Waals surface area contributed by atoms with E-state index in [2.05, 4.69) is 83.4 Å². The van der Waals surface area contributed by atoms with Crippen LogP contribution in [0.4, 0.5) is 0 Å². The lowest BCUT2D eigenvalue weighted by molar-refractivity contribution is 0.185. The molecular weight excluding hydrogens is 412 g/mol. The first-order valence-electron chi connectivity index (χ1n) is 11.5. The van der Waals surface area contributed by atoms with Crippen LogP contribution in [0.15, 0.2) is 47.3 Å². The Morgan fingerprint density at radius 1 is 1.03 bits per heavy atom. The van der Waals surface area contributed by atoms with Gasteiger partial charge in [-0.1, -0.05) is 36.4 Å². The Morgan fingerprint density at radius 3 is 2.52 bits per heavy atom. The summed E-state index contributed by atoms with van der Waals surface area (Å²) in [5.74, 6) is 0.692. The molecule has 7 heteroatoms. The average molecular weight is 443 g/mol. The number of nitrogens with one attached hydrogen (secondary N) is 1. The van der Waals surface area contributed by atoms with Crippen LogP contribution in [0.5, 0.6) is 0 Å². The summed E-state index contributed by atoms with van der Waals surface area (Å²) in [7, 11) is 0. The highest BCUT2D eigenvalue weighted by atomic mass is 16.1. The molecule has 4 aromatic rings. The van der Waals surface area contributed by atoms with Crippen LogP contribution in [-0.4, -0.2) is 36.6 Å². The second-order valence-corrected chi connectivity index (χ2v) is 10.1. The van der Waals surface area contributed by atoms with E-state index in [0.717, 1.165) is 41.5 Å². The Bertz CT molecular complexity index is 1390. The molecule has 3 heterocycles. The molecular formula is C26H30N6O. The highest BCUT2D eigenvalue weighted by molar-refractivity contribution is 5.85. The van der Waals surface area contributed by atoms with Crippen molar-refractivity contribution in [1.29, 1.82) is 0 Å². The van der Waals surface area contributed by atoms with E-state index < -0.39 is 0 Å². The number of aromatic nitrogens is 5. The van der Waals surface area contributed by atoms with Gasteiger partial charge in [0.05, 0.1) is 11.1 Å². The molecule has 0 unspecified atom stereocenters. The smallest absolute Gasteiger partial charge is 0.253 e. The molecule has 1 aliphatic rings. The van der Waals surface area contributed by atoms with E-state index in [1.54, 1.807) is 0 Å². The number of nitrogens with zero attached hydrogens (tertiary/aromatic N) is 5. The first kappa shape index (κ1) is 21.5. The van der Waals surface area contributed by atoms with Crippen LogP contribution in [0.3, 0.4) is 0 Å². The molecule has 0 bridgehead atoms. The van der Waals surface area contributed by atoms with Crippen LogP contribution in [0.2, 0.25) is 0 Å². The van der Waals surface area contributed by atoms with E-state index in [9.17, 15) is 4.79 Å². The van der Waals surface area contributed by atoms with Crippen molar-refractivity contribution in [2.45, 2.75) is 59.2 Å². The van der Waals surface area contributed by atoms with Gasteiger partial charge in [-0.15, -0.1) is 5.10 Å². The molecule has 5 rings (SSSR count). The highest BCUT2D eigenvalue weighted by Crippen LogP contribution is 2.33. The van der Waals surface area contributed by atoms with Crippen LogP contribution < -0.4 is 5.56 Å². The standard InChI is InChI=1S/C26H30N6O/c1-16-10-11-17(2)22-20(16)14-21(25(33)27-22)23(24-28-29-30-32(24)26(3,4)5)31-13-12-18-8-6-7-9-19(18)15-31/h6-11,14,23H,12-13,15H2,1-5H3,(H,27,33)/t23-/m0/s1. The van der Waals surface area contributed by atoms with Gasteiger partial charge < -0.3 is 4.98 Å². The van der Waals surface area contributed by atoms with Crippen molar-refractivity contribution in [3.8, 4) is 0 Å². The van der Waals surface area contributed by atoms with Gasteiger partial charge in [0.15, 0.2) is 5.82 Å². The fourth-order valence-electron chi connectivity index (χ4n) is 4.87. The summed E-state index contributed by atoms with van der Waals surface area (Å²) < 4.78 is 1.85. The summed E-state index contributed by atoms with van der Waals surface area (Å²) in [6.07, 6.45) is 0.924. The van der Waals surface area contributed by atoms with Gasteiger partial charge in [0.25, 0.3) is 5.56 Å². The maximum atomic E-state index is 13.5. The van der Waals surface area contributed by atoms with Crippen LogP contribution in [0, 0.1) is 13.8 Å². The van der Waals surface area contributed by atoms with Crippen LogP contribution in [0.25, 0.3) is 10.9 Å². The maximum absolute atomic E-state index is 13.5. The largest absolute Gasteiger partial charge is 0.321 e. The summed E-state index contributed by atoms with van der Waals surface area (Å²) in [4.78, 5) is 19.0. The third-order valence-corrected chi connectivity index (χ3v) is 6.67. The van der Waals surface area contributed by atoms with Crippen molar-refractivity contribution in [3.05, 3.63) is 86.5 Å². The third-order valence-electron chi connectivity index (χ3n) is 6.67. The lowest BCUT2D eigenvalue weighted by atomic mass is 9.94. The van der Waals surface area contributed by atoms with Crippen molar-refractivity contribution < 1.29 is 0 Å². The molecule has 1 N–H and O–H groups in total. The summed E-state index contributed by atoms with van der Waals surface area (Å²) >= 11 is 0. The molecule has 170 valence electrons. The van der Waals surface area contributed by atoms with Gasteiger partial charge in [0.2, 0.25) is 0 Å². The molecule has 0 aliphatic carbocycles. The second kappa shape index (κ2) is 7.92. The normalized spacial score (nSPS) is 15.5. The van der Waals surface area contributed by atoms with Gasteiger partial charge >= 0.3 is 0 Å². The Balaban J connectivity index is 1.72. The van der Waals surface area contributed by atoms with Crippen LogP contribution >= 0.6 is 0 Å². The monoisotopic (exact) mass is 442 g/mol. The van der Waals surface area contributed by atoms with E-state index >= 15 is 0 Å². The molecule has 2 aromatic heterocycles. The third kappa shape index (κ3) is 3.76. The number of pyridine rings is 1. The van der Waals surface area contributed by atoms with Gasteiger partial charge in [-0.2, -0.15) is 0 Å². The molecule has 0 radical (unpaired) electrons. The van der Waals surface area contributed by atoms with E-state index in [1.807, 2.05) is 23.7 Å². The molecule has 33 heavy (non-hydrogen) atoms. The van der Waals surface area contributed by atoms with Gasteiger partial charge in [0.1, 0.15) is 6.04 Å². The average Bonchev–Trinajstić information content (AvgIpc) is 3.27. The first-order valence-corrected chi connectivity index (χ1v) is 11.5. The number of rotatable bonds is 3. The topological polar surface area (TPSA) is 79.7 Å². The highest BCUT2D eigenvalue weighted by Gasteiger charge is 2.34. The minimum Gasteiger partial charge on any atom is -0.321 e. The predicted molar refractivity (Wildman–Crippen MR) is 129 cm³/mol. The van der Waals surface area contributed by atoms with Crippen LogP contribution in [0.1, 0.15) is 60.5 Å². The summed E-state index contributed by atoms with van der Waals surface area (Å²) in [5, 5.41) is 13.9. The molecule has 2 aromatic carbocycles. The fourth-order valence-corrected chi connectivity index (χ4v) is 4.87. The number of aromatic amines is 1. The van der Waals surface area contributed by atoms with E-state index in [0.29, 0.717) is 11.4 Å². The first-order chi connectivity index (χ1) is 15.7. The molecule has 0 spiro atoms. The fraction of sp³-hybridized carbons (Fsp3) is 0.385. The molecule has 7 nitrogen and oxygen atoms in total. The van der Waals surface area contributed by atoms with Crippen molar-refractivity contribution in [2.24, 2.45) is 0 Å². The van der Waals surface area contributed by atoms with Gasteiger partial charge in [-0.3, -0.25) is 9.69 Å². The van der Waals surface area contributed by atoms with Gasteiger partial charge in [-0.25, -0.2) is 4.68 Å². The molecule has 1 atom stereocenters. The summed E-state index contributed by atoms with van der Waals surface area (Å²) in [6.45, 7) is 11.9. The Kier molecular flexibility index (Phi) is 5.16.